The number of nitro groups is 1. The van der Waals surface area contributed by atoms with Gasteiger partial charge < -0.3 is 10.1 Å². The first-order valence-corrected chi connectivity index (χ1v) is 8.99. The molecule has 2 amide bonds. The number of amides is 2. The van der Waals surface area contributed by atoms with Crippen LogP contribution in [0, 0.1) is 21.7 Å². The van der Waals surface area contributed by atoms with Crippen LogP contribution in [0.3, 0.4) is 0 Å². The third kappa shape index (κ3) is 4.22. The standard InChI is InChI=1S/C20H19F2N3O5/c1-20(2,3)30-19(27)24-10-11-7-8-12(25(28)29)9-13(11)17(24)18(26)23-16-14(21)5-4-6-15(16)22/h4-9,17H,10H2,1-3H3,(H,23,26)/t17-/m0/s1. The van der Waals surface area contributed by atoms with E-state index in [4.69, 9.17) is 4.74 Å². The number of hydrogen-bond acceptors (Lipinski definition) is 5. The van der Waals surface area contributed by atoms with Gasteiger partial charge in [0.05, 0.1) is 11.5 Å². The second-order valence-electron chi connectivity index (χ2n) is 7.74. The number of halogens is 2. The molecule has 0 saturated heterocycles. The van der Waals surface area contributed by atoms with Crippen LogP contribution in [0.5, 0.6) is 0 Å². The molecule has 0 radical (unpaired) electrons. The molecule has 0 unspecified atom stereocenters. The Labute approximate surface area is 170 Å². The molecule has 158 valence electrons. The zero-order valence-corrected chi connectivity index (χ0v) is 16.4. The average molecular weight is 419 g/mol. The molecule has 1 aliphatic heterocycles. The van der Waals surface area contributed by atoms with Crippen LogP contribution < -0.4 is 5.32 Å². The van der Waals surface area contributed by atoms with Gasteiger partial charge in [0.2, 0.25) is 0 Å². The first-order valence-electron chi connectivity index (χ1n) is 8.99. The summed E-state index contributed by atoms with van der Waals surface area (Å²) in [6, 6.07) is 5.57. The van der Waals surface area contributed by atoms with E-state index in [1.165, 1.54) is 18.2 Å². The number of carbonyl (C=O) groups is 2. The number of nitrogens with zero attached hydrogens (tertiary/aromatic N) is 2. The molecular formula is C20H19F2N3O5. The molecule has 0 aromatic heterocycles. The quantitative estimate of drug-likeness (QED) is 0.590. The number of carbonyl (C=O) groups excluding carboxylic acids is 2. The van der Waals surface area contributed by atoms with E-state index in [1.54, 1.807) is 20.8 Å². The normalized spacial score (nSPS) is 15.5. The van der Waals surface area contributed by atoms with Crippen molar-refractivity contribution in [3.05, 3.63) is 69.3 Å². The Balaban J connectivity index is 2.01. The van der Waals surface area contributed by atoms with Gasteiger partial charge in [0.1, 0.15) is 29.0 Å². The van der Waals surface area contributed by atoms with Crippen molar-refractivity contribution in [2.24, 2.45) is 0 Å². The Kier molecular flexibility index (Phi) is 5.43. The van der Waals surface area contributed by atoms with Gasteiger partial charge in [0.25, 0.3) is 11.6 Å². The lowest BCUT2D eigenvalue weighted by molar-refractivity contribution is -0.384. The summed E-state index contributed by atoms with van der Waals surface area (Å²) in [4.78, 5) is 37.3. The largest absolute Gasteiger partial charge is 0.444 e. The minimum atomic E-state index is -1.37. The molecule has 0 fully saturated rings. The van der Waals surface area contributed by atoms with Crippen molar-refractivity contribution in [2.45, 2.75) is 39.0 Å². The molecule has 1 heterocycles. The minimum absolute atomic E-state index is 0.0555. The van der Waals surface area contributed by atoms with E-state index in [0.717, 1.165) is 23.1 Å². The summed E-state index contributed by atoms with van der Waals surface area (Å²) in [7, 11) is 0. The van der Waals surface area contributed by atoms with Crippen LogP contribution in [0.2, 0.25) is 0 Å². The first-order chi connectivity index (χ1) is 14.0. The summed E-state index contributed by atoms with van der Waals surface area (Å²) >= 11 is 0. The summed E-state index contributed by atoms with van der Waals surface area (Å²) in [6.07, 6.45) is -0.837. The van der Waals surface area contributed by atoms with Crippen LogP contribution >= 0.6 is 0 Å². The number of anilines is 1. The molecule has 30 heavy (non-hydrogen) atoms. The van der Waals surface area contributed by atoms with Crippen molar-refractivity contribution in [2.75, 3.05) is 5.32 Å². The van der Waals surface area contributed by atoms with E-state index >= 15 is 0 Å². The molecular weight excluding hydrogens is 400 g/mol. The van der Waals surface area contributed by atoms with Crippen molar-refractivity contribution < 1.29 is 28.0 Å². The van der Waals surface area contributed by atoms with Crippen LogP contribution in [0.4, 0.5) is 25.0 Å². The molecule has 1 aliphatic rings. The fraction of sp³-hybridized carbons (Fsp3) is 0.300. The molecule has 8 nitrogen and oxygen atoms in total. The highest BCUT2D eigenvalue weighted by Crippen LogP contribution is 2.38. The van der Waals surface area contributed by atoms with E-state index in [1.807, 2.05) is 0 Å². The molecule has 2 aromatic carbocycles. The number of non-ortho nitro benzene ring substituents is 1. The van der Waals surface area contributed by atoms with E-state index in [0.29, 0.717) is 5.56 Å². The fourth-order valence-electron chi connectivity index (χ4n) is 3.12. The zero-order valence-electron chi connectivity index (χ0n) is 16.4. The number of benzene rings is 2. The number of ether oxygens (including phenoxy) is 1. The van der Waals surface area contributed by atoms with Crippen molar-refractivity contribution >= 4 is 23.4 Å². The average Bonchev–Trinajstić information content (AvgIpc) is 3.02. The summed E-state index contributed by atoms with van der Waals surface area (Å²) in [5.41, 5.74) is -1.15. The van der Waals surface area contributed by atoms with Gasteiger partial charge in [-0.15, -0.1) is 0 Å². The van der Waals surface area contributed by atoms with Gasteiger partial charge in [-0.3, -0.25) is 19.8 Å². The monoisotopic (exact) mass is 419 g/mol. The van der Waals surface area contributed by atoms with Crippen LogP contribution in [0.25, 0.3) is 0 Å². The fourth-order valence-corrected chi connectivity index (χ4v) is 3.12. The lowest BCUT2D eigenvalue weighted by Crippen LogP contribution is -2.40. The summed E-state index contributed by atoms with van der Waals surface area (Å²) in [5, 5.41) is 13.3. The van der Waals surface area contributed by atoms with Gasteiger partial charge in [-0.1, -0.05) is 12.1 Å². The molecule has 1 atom stereocenters. The van der Waals surface area contributed by atoms with Crippen molar-refractivity contribution in [3.8, 4) is 0 Å². The molecule has 0 bridgehead atoms. The number of hydrogen-bond donors (Lipinski definition) is 1. The van der Waals surface area contributed by atoms with Crippen LogP contribution in [-0.2, 0) is 16.1 Å². The van der Waals surface area contributed by atoms with Gasteiger partial charge >= 0.3 is 6.09 Å². The molecule has 2 aromatic rings. The maximum atomic E-state index is 14.0. The molecule has 0 aliphatic carbocycles. The second-order valence-corrected chi connectivity index (χ2v) is 7.74. The molecule has 0 spiro atoms. The minimum Gasteiger partial charge on any atom is -0.444 e. The highest BCUT2D eigenvalue weighted by Gasteiger charge is 2.41. The molecule has 0 saturated carbocycles. The maximum absolute atomic E-state index is 14.0. The smallest absolute Gasteiger partial charge is 0.411 e. The Morgan fingerprint density at radius 1 is 1.20 bits per heavy atom. The third-order valence-corrected chi connectivity index (χ3v) is 4.37. The van der Waals surface area contributed by atoms with E-state index < -0.39 is 45.9 Å². The summed E-state index contributed by atoms with van der Waals surface area (Å²) < 4.78 is 33.3. The summed E-state index contributed by atoms with van der Waals surface area (Å²) in [6.45, 7) is 4.87. The molecule has 10 heteroatoms. The van der Waals surface area contributed by atoms with E-state index in [2.05, 4.69) is 5.32 Å². The van der Waals surface area contributed by atoms with Crippen LogP contribution in [0.1, 0.15) is 37.9 Å². The topological polar surface area (TPSA) is 102 Å². The Hall–Kier alpha value is -3.56. The Morgan fingerprint density at radius 3 is 2.40 bits per heavy atom. The lowest BCUT2D eigenvalue weighted by atomic mass is 10.0. The zero-order chi connectivity index (χ0) is 22.2. The van der Waals surface area contributed by atoms with E-state index in [9.17, 15) is 28.5 Å². The third-order valence-electron chi connectivity index (χ3n) is 4.37. The van der Waals surface area contributed by atoms with Gasteiger partial charge in [-0.05, 0) is 44.0 Å². The maximum Gasteiger partial charge on any atom is 0.411 e. The van der Waals surface area contributed by atoms with Crippen molar-refractivity contribution in [3.63, 3.8) is 0 Å². The van der Waals surface area contributed by atoms with Crippen LogP contribution in [-0.4, -0.2) is 27.4 Å². The van der Waals surface area contributed by atoms with Gasteiger partial charge in [0, 0.05) is 12.1 Å². The van der Waals surface area contributed by atoms with E-state index in [-0.39, 0.29) is 17.8 Å². The molecule has 3 rings (SSSR count). The predicted molar refractivity (Wildman–Crippen MR) is 103 cm³/mol. The van der Waals surface area contributed by atoms with Crippen molar-refractivity contribution in [1.29, 1.82) is 0 Å². The number of para-hydroxylation sites is 1. The highest BCUT2D eigenvalue weighted by atomic mass is 19.1. The predicted octanol–water partition coefficient (Wildman–Crippen LogP) is 4.30. The van der Waals surface area contributed by atoms with Gasteiger partial charge in [-0.25, -0.2) is 13.6 Å². The number of nitro benzene ring substituents is 1. The number of fused-ring (bicyclic) bond motifs is 1. The van der Waals surface area contributed by atoms with Gasteiger partial charge in [0.15, 0.2) is 0 Å². The highest BCUT2D eigenvalue weighted by molar-refractivity contribution is 5.98. The lowest BCUT2D eigenvalue weighted by Gasteiger charge is -2.28. The summed E-state index contributed by atoms with van der Waals surface area (Å²) in [5.74, 6) is -2.92. The number of nitrogens with one attached hydrogen (secondary N) is 1. The molecule has 1 N–H and O–H groups in total. The van der Waals surface area contributed by atoms with Crippen LogP contribution in [0.15, 0.2) is 36.4 Å². The number of rotatable bonds is 3. The van der Waals surface area contributed by atoms with Gasteiger partial charge in [-0.2, -0.15) is 0 Å². The SMILES string of the molecule is CC(C)(C)OC(=O)N1Cc2ccc([N+](=O)[O-])cc2[C@H]1C(=O)Nc1c(F)cccc1F. The Morgan fingerprint density at radius 2 is 1.83 bits per heavy atom. The Bertz CT molecular complexity index is 1020. The second kappa shape index (κ2) is 7.69. The van der Waals surface area contributed by atoms with Crippen molar-refractivity contribution in [1.82, 2.24) is 4.90 Å². The first kappa shape index (κ1) is 21.2.